The maximum Gasteiger partial charge on any atom is 0.160 e. The molecule has 1 aromatic rings. The Balaban J connectivity index is -0.000000502. The first-order valence-electron chi connectivity index (χ1n) is 12.4. The van der Waals surface area contributed by atoms with Crippen molar-refractivity contribution in [2.24, 2.45) is 0 Å². The van der Waals surface area contributed by atoms with Crippen LogP contribution in [-0.2, 0) is 14.3 Å². The van der Waals surface area contributed by atoms with Gasteiger partial charge in [0.1, 0.15) is 6.79 Å². The number of ether oxygens (including phenoxy) is 2. The minimum Gasteiger partial charge on any atom is -0.493 e. The number of aryl methyl sites for hydroxylation is 1. The summed E-state index contributed by atoms with van der Waals surface area (Å²) >= 11 is 5.61. The van der Waals surface area contributed by atoms with E-state index in [9.17, 15) is 0 Å². The van der Waals surface area contributed by atoms with Crippen molar-refractivity contribution in [2.45, 2.75) is 53.4 Å². The van der Waals surface area contributed by atoms with E-state index < -0.39 is 0 Å². The summed E-state index contributed by atoms with van der Waals surface area (Å²) in [5, 5.41) is 3.55. The van der Waals surface area contributed by atoms with Gasteiger partial charge in [0.25, 0.3) is 0 Å². The lowest BCUT2D eigenvalue weighted by Gasteiger charge is -2.29. The molecule has 0 bridgehead atoms. The highest BCUT2D eigenvalue weighted by molar-refractivity contribution is 6.30. The smallest absolute Gasteiger partial charge is 0.160 e. The molecule has 1 heterocycles. The number of halogens is 1. The molecule has 1 aliphatic heterocycles. The van der Waals surface area contributed by atoms with E-state index in [1.165, 1.54) is 36.1 Å². The predicted molar refractivity (Wildman–Crippen MR) is 159 cm³/mol. The standard InChI is InChI=1S/C15H23NO2.C7H7Cl.C3H8.C2H7N.C2H4.CH2O/c1-4-8-16-9-7-12-10-15(18-3)14(17-2)6-5-13(12)11-16;1-6-2-4-7(8)5-3-6;2*1-3-2;2*1-2/h6,10H,4-5,7-9,11H2,1-3H3;2-5H,1H3;3H2,1-2H3;3H,1-2H3;1-2H2;1H2. The quantitative estimate of drug-likeness (QED) is 0.418. The zero-order valence-electron chi connectivity index (χ0n) is 24.1. The van der Waals surface area contributed by atoms with Crippen LogP contribution < -0.4 is 5.32 Å². The molecule has 0 spiro atoms. The first-order valence-corrected chi connectivity index (χ1v) is 12.8. The van der Waals surface area contributed by atoms with Crippen molar-refractivity contribution in [3.8, 4) is 0 Å². The fourth-order valence-corrected chi connectivity index (χ4v) is 3.33. The maximum atomic E-state index is 8.00. The van der Waals surface area contributed by atoms with E-state index in [0.717, 1.165) is 42.5 Å². The lowest BCUT2D eigenvalue weighted by Crippen LogP contribution is -2.32. The summed E-state index contributed by atoms with van der Waals surface area (Å²) in [7, 11) is 7.16. The average molecular weight is 523 g/mol. The highest BCUT2D eigenvalue weighted by Crippen LogP contribution is 2.29. The van der Waals surface area contributed by atoms with Crippen molar-refractivity contribution in [3.05, 3.63) is 82.8 Å². The van der Waals surface area contributed by atoms with Gasteiger partial charge >= 0.3 is 0 Å². The molecule has 1 aromatic carbocycles. The van der Waals surface area contributed by atoms with Crippen molar-refractivity contribution in [3.63, 3.8) is 0 Å². The van der Waals surface area contributed by atoms with Gasteiger partial charge in [0, 0.05) is 18.1 Å². The van der Waals surface area contributed by atoms with Crippen molar-refractivity contribution in [2.75, 3.05) is 47.9 Å². The van der Waals surface area contributed by atoms with Crippen LogP contribution in [0.25, 0.3) is 0 Å². The SMILES string of the molecule is C=C.C=O.CCC.CCCN1CCC2=C(CC=C(OC)C(OC)=C2)C1.CNC.Cc1ccc(Cl)cc1. The molecule has 0 unspecified atom stereocenters. The van der Waals surface area contributed by atoms with Crippen LogP contribution in [0.15, 0.2) is 72.2 Å². The molecule has 36 heavy (non-hydrogen) atoms. The predicted octanol–water partition coefficient (Wildman–Crippen LogP) is 7.38. The molecule has 1 N–H and O–H groups in total. The number of methoxy groups -OCH3 is 2. The van der Waals surface area contributed by atoms with E-state index in [2.05, 4.69) is 56.3 Å². The first-order chi connectivity index (χ1) is 17.4. The lowest BCUT2D eigenvalue weighted by molar-refractivity contribution is -0.0979. The summed E-state index contributed by atoms with van der Waals surface area (Å²) in [4.78, 5) is 10.5. The molecule has 2 aliphatic rings. The minimum absolute atomic E-state index is 0.801. The van der Waals surface area contributed by atoms with Gasteiger partial charge in [-0.1, -0.05) is 56.5 Å². The highest BCUT2D eigenvalue weighted by atomic mass is 35.5. The number of carbonyl (C=O) groups is 1. The molecule has 0 fully saturated rings. The molecule has 5 nitrogen and oxygen atoms in total. The van der Waals surface area contributed by atoms with Crippen LogP contribution in [0.5, 0.6) is 0 Å². The number of benzene rings is 1. The van der Waals surface area contributed by atoms with Crippen LogP contribution in [0, 0.1) is 6.92 Å². The number of rotatable bonds is 4. The summed E-state index contributed by atoms with van der Waals surface area (Å²) in [6.07, 6.45) is 8.85. The van der Waals surface area contributed by atoms with Crippen molar-refractivity contribution in [1.29, 1.82) is 0 Å². The van der Waals surface area contributed by atoms with E-state index in [0.29, 0.717) is 0 Å². The molecule has 0 saturated heterocycles. The zero-order valence-corrected chi connectivity index (χ0v) is 24.8. The van der Waals surface area contributed by atoms with Gasteiger partial charge in [-0.25, -0.2) is 0 Å². The molecular weight excluding hydrogens is 472 g/mol. The molecule has 0 radical (unpaired) electrons. The van der Waals surface area contributed by atoms with E-state index in [1.54, 1.807) is 14.2 Å². The third-order valence-electron chi connectivity index (χ3n) is 4.64. The van der Waals surface area contributed by atoms with Gasteiger partial charge in [-0.2, -0.15) is 0 Å². The third-order valence-corrected chi connectivity index (χ3v) is 4.89. The monoisotopic (exact) mass is 522 g/mol. The first kappa shape index (κ1) is 38.2. The number of allylic oxidation sites excluding steroid dienone is 2. The molecule has 206 valence electrons. The summed E-state index contributed by atoms with van der Waals surface area (Å²) in [6.45, 7) is 20.0. The van der Waals surface area contributed by atoms with E-state index in [-0.39, 0.29) is 0 Å². The van der Waals surface area contributed by atoms with E-state index in [1.807, 2.05) is 52.1 Å². The Labute approximate surface area is 226 Å². The zero-order chi connectivity index (χ0) is 28.4. The Morgan fingerprint density at radius 2 is 1.50 bits per heavy atom. The van der Waals surface area contributed by atoms with Crippen LogP contribution in [0.1, 0.15) is 52.0 Å². The summed E-state index contributed by atoms with van der Waals surface area (Å²) in [5.74, 6) is 1.71. The second-order valence-corrected chi connectivity index (χ2v) is 8.28. The van der Waals surface area contributed by atoms with Crippen LogP contribution >= 0.6 is 11.6 Å². The van der Waals surface area contributed by atoms with Crippen LogP contribution in [0.4, 0.5) is 0 Å². The maximum absolute atomic E-state index is 8.00. The van der Waals surface area contributed by atoms with Crippen molar-refractivity contribution in [1.82, 2.24) is 10.2 Å². The van der Waals surface area contributed by atoms with E-state index >= 15 is 0 Å². The molecule has 0 atom stereocenters. The number of nitrogens with one attached hydrogen (secondary N) is 1. The highest BCUT2D eigenvalue weighted by Gasteiger charge is 2.20. The molecule has 0 aromatic heterocycles. The second kappa shape index (κ2) is 27.3. The van der Waals surface area contributed by atoms with Crippen LogP contribution in [0.2, 0.25) is 5.02 Å². The molecule has 1 aliphatic carbocycles. The topological polar surface area (TPSA) is 50.8 Å². The third kappa shape index (κ3) is 18.0. The molecule has 6 heteroatoms. The van der Waals surface area contributed by atoms with Gasteiger partial charge in [0.2, 0.25) is 0 Å². The Morgan fingerprint density at radius 3 is 1.92 bits per heavy atom. The normalized spacial score (nSPS) is 13.7. The fraction of sp³-hybridized carbons (Fsp3) is 0.500. The second-order valence-electron chi connectivity index (χ2n) is 7.85. The van der Waals surface area contributed by atoms with Gasteiger partial charge in [0.15, 0.2) is 11.5 Å². The minimum atomic E-state index is 0.801. The van der Waals surface area contributed by atoms with E-state index in [4.69, 9.17) is 25.9 Å². The summed E-state index contributed by atoms with van der Waals surface area (Å²) in [5.41, 5.74) is 4.19. The Hall–Kier alpha value is -2.34. The van der Waals surface area contributed by atoms with Gasteiger partial charge < -0.3 is 19.6 Å². The Bertz CT molecular complexity index is 718. The summed E-state index contributed by atoms with van der Waals surface area (Å²) < 4.78 is 10.8. The number of carbonyl (C=O) groups excluding carboxylic acids is 1. The molecule has 0 amide bonds. The van der Waals surface area contributed by atoms with Gasteiger partial charge in [-0.05, 0) is 82.3 Å². The van der Waals surface area contributed by atoms with Gasteiger partial charge in [-0.15, -0.1) is 13.2 Å². The molecular formula is C30H51ClN2O3. The lowest BCUT2D eigenvalue weighted by atomic mass is 9.98. The van der Waals surface area contributed by atoms with Gasteiger partial charge in [0.05, 0.1) is 14.2 Å². The number of hydrogen-bond donors (Lipinski definition) is 1. The molecule has 0 saturated carbocycles. The van der Waals surface area contributed by atoms with Crippen LogP contribution in [0.3, 0.4) is 0 Å². The number of hydrogen-bond acceptors (Lipinski definition) is 5. The van der Waals surface area contributed by atoms with Gasteiger partial charge in [-0.3, -0.25) is 4.90 Å². The Kier molecular flexibility index (Phi) is 28.9. The van der Waals surface area contributed by atoms with Crippen molar-refractivity contribution >= 4 is 18.4 Å². The van der Waals surface area contributed by atoms with Crippen LogP contribution in [-0.4, -0.2) is 59.6 Å². The Morgan fingerprint density at radius 1 is 1.00 bits per heavy atom. The molecule has 3 rings (SSSR count). The largest absolute Gasteiger partial charge is 0.493 e. The average Bonchev–Trinajstić information content (AvgIpc) is 3.08. The van der Waals surface area contributed by atoms with Crippen molar-refractivity contribution < 1.29 is 14.3 Å². The summed E-state index contributed by atoms with van der Waals surface area (Å²) in [6, 6.07) is 7.75. The number of nitrogens with zero attached hydrogens (tertiary/aromatic N) is 1. The fourth-order valence-electron chi connectivity index (χ4n) is 3.21.